The minimum Gasteiger partial charge on any atom is -0.458 e. The van der Waals surface area contributed by atoms with Crippen molar-refractivity contribution < 1.29 is 9.47 Å². The van der Waals surface area contributed by atoms with E-state index >= 15 is 0 Å². The monoisotopic (exact) mass is 625 g/mol. The molecule has 0 unspecified atom stereocenters. The smallest absolute Gasteiger partial charge is 0.260 e. The summed E-state index contributed by atoms with van der Waals surface area (Å²) in [4.78, 5) is 2.30. The zero-order valence-corrected chi connectivity index (χ0v) is 27.5. The maximum Gasteiger partial charge on any atom is 0.260 e. The van der Waals surface area contributed by atoms with Gasteiger partial charge >= 0.3 is 0 Å². The standard InChI is InChI=1S/C42H32BNO2S/c1-24-7-13-28(14-8-24)44(29-15-9-25(2)10-16-29)30-20-38-41-39(21-30)46-37-22-33-32-17-12-27-5-4-6-31(27)42(32)47-40(33)23-35(37)43(41)34-19-26(3)11-18-36(34)45-38/h7-23H,4-6H2,1-3H3. The SMILES string of the molecule is Cc1ccc(N(c2ccc(C)cc2)c2cc3c4c(c2)Oc2cc5c(cc2B4c2cc(C)ccc2O3)sc2c3c(ccc25)CCC3)cc1. The second kappa shape index (κ2) is 10.0. The first-order chi connectivity index (χ1) is 23.0. The summed E-state index contributed by atoms with van der Waals surface area (Å²) in [6, 6.07) is 37.8. The molecule has 7 aromatic rings. The first-order valence-electron chi connectivity index (χ1n) is 16.6. The first-order valence-corrected chi connectivity index (χ1v) is 17.4. The van der Waals surface area contributed by atoms with Crippen molar-refractivity contribution in [1.29, 1.82) is 0 Å². The highest BCUT2D eigenvalue weighted by Crippen LogP contribution is 2.45. The third-order valence-corrected chi connectivity index (χ3v) is 11.5. The molecule has 10 rings (SSSR count). The Kier molecular flexibility index (Phi) is 5.78. The summed E-state index contributed by atoms with van der Waals surface area (Å²) in [6.07, 6.45) is 3.63. The van der Waals surface area contributed by atoms with E-state index in [4.69, 9.17) is 9.47 Å². The third-order valence-electron chi connectivity index (χ3n) is 10.3. The van der Waals surface area contributed by atoms with Crippen LogP contribution in [0.2, 0.25) is 0 Å². The van der Waals surface area contributed by atoms with Crippen LogP contribution in [0.5, 0.6) is 23.0 Å². The minimum absolute atomic E-state index is 0.0222. The molecule has 6 aromatic carbocycles. The second-order valence-electron chi connectivity index (χ2n) is 13.5. The van der Waals surface area contributed by atoms with Gasteiger partial charge in [-0.15, -0.1) is 11.3 Å². The summed E-state index contributed by atoms with van der Waals surface area (Å²) in [5, 5.41) is 2.64. The zero-order chi connectivity index (χ0) is 31.4. The maximum atomic E-state index is 6.99. The van der Waals surface area contributed by atoms with Gasteiger partial charge in [-0.25, -0.2) is 0 Å². The van der Waals surface area contributed by atoms with Crippen molar-refractivity contribution in [3.8, 4) is 23.0 Å². The van der Waals surface area contributed by atoms with Crippen molar-refractivity contribution in [1.82, 2.24) is 0 Å². The van der Waals surface area contributed by atoms with E-state index in [9.17, 15) is 0 Å². The summed E-state index contributed by atoms with van der Waals surface area (Å²) < 4.78 is 16.5. The van der Waals surface area contributed by atoms with Crippen molar-refractivity contribution >= 4 is 71.7 Å². The van der Waals surface area contributed by atoms with Crippen LogP contribution in [0.1, 0.15) is 34.2 Å². The van der Waals surface area contributed by atoms with Crippen molar-refractivity contribution in [2.24, 2.45) is 0 Å². The lowest BCUT2D eigenvalue weighted by atomic mass is 9.34. The lowest BCUT2D eigenvalue weighted by molar-refractivity contribution is 0.465. The van der Waals surface area contributed by atoms with E-state index in [-0.39, 0.29) is 6.71 Å². The fourth-order valence-corrected chi connectivity index (χ4v) is 9.29. The molecule has 226 valence electrons. The molecule has 0 saturated heterocycles. The summed E-state index contributed by atoms with van der Waals surface area (Å²) >= 11 is 1.95. The number of aryl methyl sites for hydroxylation is 5. The minimum atomic E-state index is 0.0222. The molecule has 5 heteroatoms. The van der Waals surface area contributed by atoms with Gasteiger partial charge in [-0.05, 0) is 105 Å². The van der Waals surface area contributed by atoms with Crippen molar-refractivity contribution in [2.75, 3.05) is 4.90 Å². The Bertz CT molecular complexity index is 2380. The van der Waals surface area contributed by atoms with Gasteiger partial charge in [0.25, 0.3) is 6.71 Å². The number of hydrogen-bond acceptors (Lipinski definition) is 4. The molecule has 0 bridgehead atoms. The summed E-state index contributed by atoms with van der Waals surface area (Å²) in [6.45, 7) is 6.44. The van der Waals surface area contributed by atoms with Gasteiger partial charge in [0, 0.05) is 49.1 Å². The number of fused-ring (bicyclic) bond motifs is 9. The third kappa shape index (κ3) is 4.12. The van der Waals surface area contributed by atoms with Crippen LogP contribution in [0.25, 0.3) is 20.2 Å². The normalized spacial score (nSPS) is 13.9. The van der Waals surface area contributed by atoms with Crippen LogP contribution in [-0.4, -0.2) is 6.71 Å². The maximum absolute atomic E-state index is 6.99. The summed E-state index contributed by atoms with van der Waals surface area (Å²) in [7, 11) is 0. The molecular formula is C42H32BNO2S. The average Bonchev–Trinajstić information content (AvgIpc) is 3.70. The van der Waals surface area contributed by atoms with E-state index in [1.54, 1.807) is 5.56 Å². The van der Waals surface area contributed by atoms with Gasteiger partial charge in [-0.2, -0.15) is 0 Å². The molecule has 0 N–H and O–H groups in total. The fourth-order valence-electron chi connectivity index (χ4n) is 7.96. The first kappa shape index (κ1) is 27.1. The lowest BCUT2D eigenvalue weighted by Crippen LogP contribution is -2.57. The predicted octanol–water partition coefficient (Wildman–Crippen LogP) is 9.67. The van der Waals surface area contributed by atoms with Gasteiger partial charge in [0.1, 0.15) is 23.0 Å². The van der Waals surface area contributed by atoms with Crippen LogP contribution >= 0.6 is 11.3 Å². The average molecular weight is 626 g/mol. The molecule has 3 nitrogen and oxygen atoms in total. The molecule has 0 saturated carbocycles. The number of ether oxygens (including phenoxy) is 2. The van der Waals surface area contributed by atoms with Gasteiger partial charge < -0.3 is 14.4 Å². The van der Waals surface area contributed by atoms with Gasteiger partial charge in [0.2, 0.25) is 0 Å². The van der Waals surface area contributed by atoms with Gasteiger partial charge in [-0.3, -0.25) is 0 Å². The van der Waals surface area contributed by atoms with Crippen LogP contribution in [0.15, 0.2) is 103 Å². The Morgan fingerprint density at radius 3 is 1.96 bits per heavy atom. The van der Waals surface area contributed by atoms with Crippen LogP contribution in [0, 0.1) is 20.8 Å². The van der Waals surface area contributed by atoms with Crippen LogP contribution in [0.4, 0.5) is 17.1 Å². The van der Waals surface area contributed by atoms with Gasteiger partial charge in [0.05, 0.1) is 5.69 Å². The molecule has 2 aliphatic heterocycles. The van der Waals surface area contributed by atoms with Crippen molar-refractivity contribution in [2.45, 2.75) is 40.0 Å². The van der Waals surface area contributed by atoms with E-state index in [0.717, 1.165) is 45.5 Å². The molecule has 1 aliphatic carbocycles. The molecule has 0 atom stereocenters. The number of anilines is 3. The second-order valence-corrected chi connectivity index (χ2v) is 14.5. The topological polar surface area (TPSA) is 21.7 Å². The zero-order valence-electron chi connectivity index (χ0n) is 26.7. The Balaban J connectivity index is 1.21. The molecule has 0 radical (unpaired) electrons. The van der Waals surface area contributed by atoms with Gasteiger partial charge in [0.15, 0.2) is 0 Å². The molecule has 47 heavy (non-hydrogen) atoms. The highest BCUT2D eigenvalue weighted by molar-refractivity contribution is 7.26. The number of hydrogen-bond donors (Lipinski definition) is 0. The molecule has 0 amide bonds. The van der Waals surface area contributed by atoms with E-state index < -0.39 is 0 Å². The highest BCUT2D eigenvalue weighted by Gasteiger charge is 2.41. The van der Waals surface area contributed by atoms with E-state index in [1.807, 2.05) is 11.3 Å². The summed E-state index contributed by atoms with van der Waals surface area (Å²) in [5.74, 6) is 3.55. The van der Waals surface area contributed by atoms with E-state index in [2.05, 4.69) is 129 Å². The quantitative estimate of drug-likeness (QED) is 0.183. The lowest BCUT2D eigenvalue weighted by Gasteiger charge is -2.35. The molecule has 0 spiro atoms. The molecular weight excluding hydrogens is 593 g/mol. The summed E-state index contributed by atoms with van der Waals surface area (Å²) in [5.41, 5.74) is 13.5. The Labute approximate surface area is 279 Å². The van der Waals surface area contributed by atoms with Crippen molar-refractivity contribution in [3.63, 3.8) is 0 Å². The van der Waals surface area contributed by atoms with Gasteiger partial charge in [-0.1, -0.05) is 65.2 Å². The number of thiophene rings is 1. The van der Waals surface area contributed by atoms with Crippen LogP contribution in [-0.2, 0) is 12.8 Å². The molecule has 1 aromatic heterocycles. The Morgan fingerprint density at radius 1 is 0.574 bits per heavy atom. The Hall–Kier alpha value is -5.00. The Morgan fingerprint density at radius 2 is 1.23 bits per heavy atom. The predicted molar refractivity (Wildman–Crippen MR) is 198 cm³/mol. The van der Waals surface area contributed by atoms with Crippen LogP contribution in [0.3, 0.4) is 0 Å². The van der Waals surface area contributed by atoms with Crippen LogP contribution < -0.4 is 30.8 Å². The molecule has 0 fully saturated rings. The molecule has 3 heterocycles. The van der Waals surface area contributed by atoms with Crippen molar-refractivity contribution in [3.05, 3.63) is 131 Å². The van der Waals surface area contributed by atoms with E-state index in [1.165, 1.54) is 72.6 Å². The molecule has 3 aliphatic rings. The van der Waals surface area contributed by atoms with E-state index in [0.29, 0.717) is 0 Å². The largest absolute Gasteiger partial charge is 0.458 e. The number of nitrogens with zero attached hydrogens (tertiary/aromatic N) is 1. The fraction of sp³-hybridized carbons (Fsp3) is 0.143. The highest BCUT2D eigenvalue weighted by atomic mass is 32.1. The number of benzene rings is 6. The number of rotatable bonds is 3.